The van der Waals surface area contributed by atoms with E-state index in [4.69, 9.17) is 4.74 Å². The molecule has 0 saturated carbocycles. The summed E-state index contributed by atoms with van der Waals surface area (Å²) in [5.41, 5.74) is 2.10. The van der Waals surface area contributed by atoms with Gasteiger partial charge < -0.3 is 9.64 Å². The summed E-state index contributed by atoms with van der Waals surface area (Å²) in [4.78, 5) is 24.8. The third-order valence-corrected chi connectivity index (χ3v) is 3.33. The Morgan fingerprint density at radius 2 is 2.17 bits per heavy atom. The summed E-state index contributed by atoms with van der Waals surface area (Å²) in [5, 5.41) is 0. The van der Waals surface area contributed by atoms with Gasteiger partial charge in [-0.25, -0.2) is 0 Å². The van der Waals surface area contributed by atoms with Gasteiger partial charge >= 0.3 is 5.97 Å². The Balaban J connectivity index is 1.93. The molecule has 2 rings (SSSR count). The molecule has 0 aromatic heterocycles. The number of para-hydroxylation sites is 1. The molecule has 0 unspecified atom stereocenters. The van der Waals surface area contributed by atoms with Crippen LogP contribution in [0.3, 0.4) is 0 Å². The lowest BCUT2D eigenvalue weighted by Crippen LogP contribution is -2.33. The zero-order valence-electron chi connectivity index (χ0n) is 10.2. The van der Waals surface area contributed by atoms with E-state index in [-0.39, 0.29) is 24.2 Å². The van der Waals surface area contributed by atoms with Crippen LogP contribution in [0.1, 0.15) is 5.56 Å². The zero-order valence-corrected chi connectivity index (χ0v) is 11.0. The number of hydrogen-bond donors (Lipinski definition) is 0. The van der Waals surface area contributed by atoms with E-state index in [0.717, 1.165) is 12.1 Å². The van der Waals surface area contributed by atoms with Gasteiger partial charge in [0.2, 0.25) is 0 Å². The van der Waals surface area contributed by atoms with Gasteiger partial charge in [0.25, 0.3) is 5.91 Å². The monoisotopic (exact) mass is 265 g/mol. The minimum absolute atomic E-state index is 0.158. The van der Waals surface area contributed by atoms with Crippen molar-refractivity contribution in [1.82, 2.24) is 0 Å². The second-order valence-corrected chi connectivity index (χ2v) is 4.88. The minimum Gasteiger partial charge on any atom is -0.455 e. The fourth-order valence-corrected chi connectivity index (χ4v) is 2.30. The van der Waals surface area contributed by atoms with Gasteiger partial charge in [0, 0.05) is 12.2 Å². The van der Waals surface area contributed by atoms with Crippen LogP contribution in [-0.2, 0) is 20.7 Å². The van der Waals surface area contributed by atoms with Crippen molar-refractivity contribution in [2.45, 2.75) is 6.42 Å². The van der Waals surface area contributed by atoms with E-state index < -0.39 is 0 Å². The number of anilines is 1. The molecule has 1 aromatic rings. The molecule has 0 N–H and O–H groups in total. The lowest BCUT2D eigenvalue weighted by atomic mass is 10.2. The Kier molecular flexibility index (Phi) is 4.25. The number of amides is 1. The predicted octanol–water partition coefficient (Wildman–Crippen LogP) is 1.48. The molecule has 18 heavy (non-hydrogen) atoms. The normalized spacial score (nSPS) is 13.3. The standard InChI is InChI=1S/C13H15NO3S/c1-18-9-13(16)17-8-12(15)14-7-6-10-4-2-3-5-11(10)14/h2-5H,6-9H2,1H3. The Morgan fingerprint density at radius 3 is 2.94 bits per heavy atom. The fraction of sp³-hybridized carbons (Fsp3) is 0.385. The van der Waals surface area contributed by atoms with Crippen molar-refractivity contribution in [2.75, 3.05) is 30.1 Å². The summed E-state index contributed by atoms with van der Waals surface area (Å²) in [6.45, 7) is 0.492. The van der Waals surface area contributed by atoms with E-state index in [1.807, 2.05) is 30.5 Å². The van der Waals surface area contributed by atoms with Gasteiger partial charge in [0.1, 0.15) is 0 Å². The molecule has 0 spiro atoms. The van der Waals surface area contributed by atoms with Gasteiger partial charge in [-0.05, 0) is 24.3 Å². The highest BCUT2D eigenvalue weighted by Gasteiger charge is 2.24. The van der Waals surface area contributed by atoms with Crippen LogP contribution in [0.5, 0.6) is 0 Å². The number of esters is 1. The van der Waals surface area contributed by atoms with Crippen molar-refractivity contribution in [2.24, 2.45) is 0 Å². The average Bonchev–Trinajstić information content (AvgIpc) is 2.80. The predicted molar refractivity (Wildman–Crippen MR) is 71.8 cm³/mol. The summed E-state index contributed by atoms with van der Waals surface area (Å²) in [6, 6.07) is 7.81. The summed E-state index contributed by atoms with van der Waals surface area (Å²) in [6.07, 6.45) is 2.68. The fourth-order valence-electron chi connectivity index (χ4n) is 1.98. The molecule has 0 atom stereocenters. The largest absolute Gasteiger partial charge is 0.455 e. The van der Waals surface area contributed by atoms with Crippen LogP contribution >= 0.6 is 11.8 Å². The van der Waals surface area contributed by atoms with E-state index in [0.29, 0.717) is 6.54 Å². The molecule has 5 heteroatoms. The molecule has 1 aliphatic rings. The van der Waals surface area contributed by atoms with Crippen molar-refractivity contribution < 1.29 is 14.3 Å². The summed E-state index contributed by atoms with van der Waals surface area (Å²) >= 11 is 1.38. The molecule has 4 nitrogen and oxygen atoms in total. The van der Waals surface area contributed by atoms with Crippen LogP contribution in [0.2, 0.25) is 0 Å². The van der Waals surface area contributed by atoms with E-state index in [2.05, 4.69) is 0 Å². The van der Waals surface area contributed by atoms with Gasteiger partial charge in [-0.2, -0.15) is 11.8 Å². The first-order valence-corrected chi connectivity index (χ1v) is 7.14. The topological polar surface area (TPSA) is 46.6 Å². The van der Waals surface area contributed by atoms with Gasteiger partial charge in [-0.3, -0.25) is 9.59 Å². The molecule has 1 aromatic carbocycles. The average molecular weight is 265 g/mol. The number of carbonyl (C=O) groups is 2. The molecule has 0 radical (unpaired) electrons. The lowest BCUT2D eigenvalue weighted by molar-refractivity contribution is -0.145. The van der Waals surface area contributed by atoms with Gasteiger partial charge in [0.15, 0.2) is 6.61 Å². The van der Waals surface area contributed by atoms with Gasteiger partial charge in [-0.15, -0.1) is 0 Å². The second-order valence-electron chi connectivity index (χ2n) is 4.02. The van der Waals surface area contributed by atoms with E-state index >= 15 is 0 Å². The molecule has 1 amide bonds. The van der Waals surface area contributed by atoms with Crippen molar-refractivity contribution in [3.63, 3.8) is 0 Å². The third kappa shape index (κ3) is 2.85. The van der Waals surface area contributed by atoms with E-state index in [1.54, 1.807) is 4.90 Å². The lowest BCUT2D eigenvalue weighted by Gasteiger charge is -2.16. The number of hydrogen-bond acceptors (Lipinski definition) is 4. The number of rotatable bonds is 4. The number of thioether (sulfide) groups is 1. The summed E-state index contributed by atoms with van der Waals surface area (Å²) < 4.78 is 4.92. The van der Waals surface area contributed by atoms with Gasteiger partial charge in [-0.1, -0.05) is 18.2 Å². The molecule has 0 fully saturated rings. The highest BCUT2D eigenvalue weighted by molar-refractivity contribution is 7.99. The van der Waals surface area contributed by atoms with Crippen molar-refractivity contribution in [1.29, 1.82) is 0 Å². The third-order valence-electron chi connectivity index (χ3n) is 2.81. The Bertz CT molecular complexity index is 461. The Hall–Kier alpha value is -1.49. The Morgan fingerprint density at radius 1 is 1.39 bits per heavy atom. The summed E-state index contributed by atoms with van der Waals surface area (Å²) in [5.74, 6) is -0.220. The van der Waals surface area contributed by atoms with Crippen LogP contribution in [0.4, 0.5) is 5.69 Å². The van der Waals surface area contributed by atoms with Crippen LogP contribution in [-0.4, -0.2) is 37.0 Å². The zero-order chi connectivity index (χ0) is 13.0. The maximum Gasteiger partial charge on any atom is 0.316 e. The molecule has 0 saturated heterocycles. The quantitative estimate of drug-likeness (QED) is 0.774. The number of fused-ring (bicyclic) bond motifs is 1. The van der Waals surface area contributed by atoms with Crippen LogP contribution in [0.15, 0.2) is 24.3 Å². The first-order chi connectivity index (χ1) is 8.72. The number of ether oxygens (including phenoxy) is 1. The van der Waals surface area contributed by atoms with E-state index in [1.165, 1.54) is 17.3 Å². The molecule has 96 valence electrons. The van der Waals surface area contributed by atoms with Crippen molar-refractivity contribution in [3.05, 3.63) is 29.8 Å². The minimum atomic E-state index is -0.344. The maximum atomic E-state index is 12.0. The second kappa shape index (κ2) is 5.91. The number of benzene rings is 1. The van der Waals surface area contributed by atoms with E-state index in [9.17, 15) is 9.59 Å². The van der Waals surface area contributed by atoms with Crippen LogP contribution in [0, 0.1) is 0 Å². The first kappa shape index (κ1) is 13.0. The smallest absolute Gasteiger partial charge is 0.316 e. The van der Waals surface area contributed by atoms with Crippen molar-refractivity contribution >= 4 is 29.3 Å². The molecule has 1 aliphatic heterocycles. The van der Waals surface area contributed by atoms with Crippen molar-refractivity contribution in [3.8, 4) is 0 Å². The molecular formula is C13H15NO3S. The molecule has 0 bridgehead atoms. The first-order valence-electron chi connectivity index (χ1n) is 5.75. The highest BCUT2D eigenvalue weighted by atomic mass is 32.2. The molecular weight excluding hydrogens is 250 g/mol. The highest BCUT2D eigenvalue weighted by Crippen LogP contribution is 2.27. The number of carbonyl (C=O) groups excluding carboxylic acids is 2. The molecule has 0 aliphatic carbocycles. The van der Waals surface area contributed by atoms with Gasteiger partial charge in [0.05, 0.1) is 5.75 Å². The molecule has 1 heterocycles. The summed E-state index contributed by atoms with van der Waals surface area (Å²) in [7, 11) is 0. The number of nitrogens with zero attached hydrogens (tertiary/aromatic N) is 1. The van der Waals surface area contributed by atoms with Crippen LogP contribution < -0.4 is 4.90 Å². The Labute approximate surface area is 110 Å². The SMILES string of the molecule is CSCC(=O)OCC(=O)N1CCc2ccccc21. The maximum absolute atomic E-state index is 12.0. The van der Waals surface area contributed by atoms with Crippen LogP contribution in [0.25, 0.3) is 0 Å².